The van der Waals surface area contributed by atoms with Crippen molar-refractivity contribution in [3.63, 3.8) is 0 Å². The minimum absolute atomic E-state index is 0.610. The third kappa shape index (κ3) is 2.91. The largest absolute Gasteiger partial charge is 0.388 e. The molecule has 88 valence electrons. The van der Waals surface area contributed by atoms with Gasteiger partial charge in [0.1, 0.15) is 12.3 Å². The second kappa shape index (κ2) is 5.25. The SMILES string of the molecule is OC(CN1CCCC1)C(O)N1CCCC1. The lowest BCUT2D eigenvalue weighted by Gasteiger charge is -2.29. The molecule has 2 saturated heterocycles. The van der Waals surface area contributed by atoms with Crippen molar-refractivity contribution in [3.05, 3.63) is 0 Å². The molecule has 0 aromatic rings. The van der Waals surface area contributed by atoms with Gasteiger partial charge in [-0.3, -0.25) is 4.90 Å². The predicted octanol–water partition coefficient (Wildman–Crippen LogP) is -0.143. The van der Waals surface area contributed by atoms with Crippen molar-refractivity contribution >= 4 is 0 Å². The van der Waals surface area contributed by atoms with Gasteiger partial charge in [0.2, 0.25) is 0 Å². The molecule has 0 spiro atoms. The van der Waals surface area contributed by atoms with Gasteiger partial charge in [0, 0.05) is 19.6 Å². The first kappa shape index (κ1) is 11.3. The molecule has 0 aromatic carbocycles. The first-order chi connectivity index (χ1) is 7.27. The molecule has 0 saturated carbocycles. The fourth-order valence-corrected chi connectivity index (χ4v) is 2.57. The van der Waals surface area contributed by atoms with Gasteiger partial charge in [-0.05, 0) is 38.8 Å². The summed E-state index contributed by atoms with van der Waals surface area (Å²) >= 11 is 0. The molecule has 2 aliphatic rings. The summed E-state index contributed by atoms with van der Waals surface area (Å²) in [6, 6.07) is 0. The van der Waals surface area contributed by atoms with E-state index in [0.29, 0.717) is 6.54 Å². The van der Waals surface area contributed by atoms with Crippen LogP contribution in [-0.2, 0) is 0 Å². The Morgan fingerprint density at radius 3 is 2.00 bits per heavy atom. The van der Waals surface area contributed by atoms with E-state index in [1.165, 1.54) is 12.8 Å². The maximum atomic E-state index is 9.93. The first-order valence-corrected chi connectivity index (χ1v) is 6.10. The Hall–Kier alpha value is -0.160. The first-order valence-electron chi connectivity index (χ1n) is 6.10. The molecule has 4 heteroatoms. The van der Waals surface area contributed by atoms with E-state index in [1.54, 1.807) is 0 Å². The summed E-state index contributed by atoms with van der Waals surface area (Å²) in [7, 11) is 0. The van der Waals surface area contributed by atoms with E-state index < -0.39 is 12.3 Å². The summed E-state index contributed by atoms with van der Waals surface area (Å²) in [5.41, 5.74) is 0. The number of β-amino-alcohol motifs (C(OH)–C–C–N with tert-alkyl or cyclic N) is 1. The van der Waals surface area contributed by atoms with E-state index in [4.69, 9.17) is 0 Å². The van der Waals surface area contributed by atoms with Crippen molar-refractivity contribution in [3.8, 4) is 0 Å². The smallest absolute Gasteiger partial charge is 0.134 e. The summed E-state index contributed by atoms with van der Waals surface area (Å²) in [5, 5.41) is 19.8. The minimum atomic E-state index is -0.659. The molecule has 2 N–H and O–H groups in total. The number of aliphatic hydroxyl groups excluding tert-OH is 2. The van der Waals surface area contributed by atoms with Gasteiger partial charge in [-0.15, -0.1) is 0 Å². The summed E-state index contributed by atoms with van der Waals surface area (Å²) in [5.74, 6) is 0. The van der Waals surface area contributed by atoms with Crippen LogP contribution in [0.15, 0.2) is 0 Å². The highest BCUT2D eigenvalue weighted by Gasteiger charge is 2.28. The zero-order valence-corrected chi connectivity index (χ0v) is 9.31. The molecule has 2 rings (SSSR count). The van der Waals surface area contributed by atoms with E-state index in [2.05, 4.69) is 4.90 Å². The summed E-state index contributed by atoms with van der Waals surface area (Å²) in [6.07, 6.45) is 3.48. The molecule has 2 unspecified atom stereocenters. The predicted molar refractivity (Wildman–Crippen MR) is 58.5 cm³/mol. The van der Waals surface area contributed by atoms with Gasteiger partial charge >= 0.3 is 0 Å². The molecule has 0 amide bonds. The van der Waals surface area contributed by atoms with Crippen LogP contribution >= 0.6 is 0 Å². The van der Waals surface area contributed by atoms with E-state index in [0.717, 1.165) is 39.0 Å². The van der Waals surface area contributed by atoms with Crippen LogP contribution in [0, 0.1) is 0 Å². The molecule has 15 heavy (non-hydrogen) atoms. The second-order valence-corrected chi connectivity index (χ2v) is 4.73. The lowest BCUT2D eigenvalue weighted by atomic mass is 10.2. The topological polar surface area (TPSA) is 46.9 Å². The number of hydrogen-bond donors (Lipinski definition) is 2. The Bertz CT molecular complexity index is 189. The Morgan fingerprint density at radius 1 is 0.867 bits per heavy atom. The minimum Gasteiger partial charge on any atom is -0.388 e. The van der Waals surface area contributed by atoms with E-state index >= 15 is 0 Å². The van der Waals surface area contributed by atoms with Crippen LogP contribution in [-0.4, -0.2) is 65.1 Å². The van der Waals surface area contributed by atoms with Crippen molar-refractivity contribution in [1.82, 2.24) is 9.80 Å². The van der Waals surface area contributed by atoms with Crippen LogP contribution in [0.1, 0.15) is 25.7 Å². The Labute approximate surface area is 91.5 Å². The molecule has 0 bridgehead atoms. The van der Waals surface area contributed by atoms with E-state index in [-0.39, 0.29) is 0 Å². The number of likely N-dealkylation sites (tertiary alicyclic amines) is 2. The van der Waals surface area contributed by atoms with E-state index in [9.17, 15) is 10.2 Å². The third-order valence-corrected chi connectivity index (χ3v) is 3.50. The molecule has 0 aliphatic carbocycles. The average molecular weight is 214 g/mol. The number of aliphatic hydroxyl groups is 2. The monoisotopic (exact) mass is 214 g/mol. The highest BCUT2D eigenvalue weighted by Crippen LogP contribution is 2.15. The maximum Gasteiger partial charge on any atom is 0.134 e. The van der Waals surface area contributed by atoms with Crippen molar-refractivity contribution < 1.29 is 10.2 Å². The van der Waals surface area contributed by atoms with E-state index in [1.807, 2.05) is 4.90 Å². The van der Waals surface area contributed by atoms with Crippen molar-refractivity contribution in [1.29, 1.82) is 0 Å². The normalized spacial score (nSPS) is 28.4. The highest BCUT2D eigenvalue weighted by atomic mass is 16.3. The highest BCUT2D eigenvalue weighted by molar-refractivity contribution is 4.78. The van der Waals surface area contributed by atoms with Gasteiger partial charge in [-0.25, -0.2) is 0 Å². The standard InChI is InChI=1S/C11H22N2O2/c14-10(9-12-5-1-2-6-12)11(15)13-7-3-4-8-13/h10-11,14-15H,1-9H2. The van der Waals surface area contributed by atoms with Crippen LogP contribution in [0.2, 0.25) is 0 Å². The Kier molecular flexibility index (Phi) is 3.97. The molecular weight excluding hydrogens is 192 g/mol. The maximum absolute atomic E-state index is 9.93. The van der Waals surface area contributed by atoms with Gasteiger partial charge in [-0.2, -0.15) is 0 Å². The molecule has 2 aliphatic heterocycles. The van der Waals surface area contributed by atoms with Crippen LogP contribution in [0.5, 0.6) is 0 Å². The summed E-state index contributed by atoms with van der Waals surface area (Å²) in [4.78, 5) is 4.23. The fourth-order valence-electron chi connectivity index (χ4n) is 2.57. The van der Waals surface area contributed by atoms with Crippen molar-refractivity contribution in [2.24, 2.45) is 0 Å². The Morgan fingerprint density at radius 2 is 1.40 bits per heavy atom. The van der Waals surface area contributed by atoms with Gasteiger partial charge in [-0.1, -0.05) is 0 Å². The molecular formula is C11H22N2O2. The van der Waals surface area contributed by atoms with Crippen LogP contribution in [0.3, 0.4) is 0 Å². The van der Waals surface area contributed by atoms with Gasteiger partial charge in [0.05, 0.1) is 0 Å². The summed E-state index contributed by atoms with van der Waals surface area (Å²) in [6.45, 7) is 4.63. The zero-order valence-electron chi connectivity index (χ0n) is 9.31. The van der Waals surface area contributed by atoms with Gasteiger partial charge in [0.15, 0.2) is 0 Å². The fraction of sp³-hybridized carbons (Fsp3) is 1.00. The molecule has 2 fully saturated rings. The second-order valence-electron chi connectivity index (χ2n) is 4.73. The molecule has 0 aromatic heterocycles. The van der Waals surface area contributed by atoms with Gasteiger partial charge in [0.25, 0.3) is 0 Å². The van der Waals surface area contributed by atoms with Crippen LogP contribution in [0.4, 0.5) is 0 Å². The average Bonchev–Trinajstić information content (AvgIpc) is 2.88. The number of rotatable bonds is 4. The quantitative estimate of drug-likeness (QED) is 0.684. The number of nitrogens with zero attached hydrogens (tertiary/aromatic N) is 2. The van der Waals surface area contributed by atoms with Gasteiger partial charge < -0.3 is 15.1 Å². The lowest BCUT2D eigenvalue weighted by Crippen LogP contribution is -2.47. The van der Waals surface area contributed by atoms with Crippen molar-refractivity contribution in [2.75, 3.05) is 32.7 Å². The molecule has 2 heterocycles. The zero-order chi connectivity index (χ0) is 10.7. The Balaban J connectivity index is 1.75. The lowest BCUT2D eigenvalue weighted by molar-refractivity contribution is -0.0819. The van der Waals surface area contributed by atoms with Crippen LogP contribution in [0.25, 0.3) is 0 Å². The summed E-state index contributed by atoms with van der Waals surface area (Å²) < 4.78 is 0. The molecule has 4 nitrogen and oxygen atoms in total. The van der Waals surface area contributed by atoms with Crippen molar-refractivity contribution in [2.45, 2.75) is 38.0 Å². The molecule has 0 radical (unpaired) electrons. The number of hydrogen-bond acceptors (Lipinski definition) is 4. The molecule has 2 atom stereocenters. The third-order valence-electron chi connectivity index (χ3n) is 3.50. The van der Waals surface area contributed by atoms with Crippen LogP contribution < -0.4 is 0 Å².